The molecule has 2 saturated heterocycles. The Bertz CT molecular complexity index is 363. The first kappa shape index (κ1) is 14.3. The summed E-state index contributed by atoms with van der Waals surface area (Å²) in [6.07, 6.45) is 6.16. The standard InChI is InChI=1S/C16H29N3O/c1-16(2)7-3-6-14(16)19-10-4-5-13(19)15(20)18-11-8-17-9-12-18/h13-14,17H,3-12H2,1-2H3. The molecular formula is C16H29N3O. The number of nitrogens with zero attached hydrogens (tertiary/aromatic N) is 2. The van der Waals surface area contributed by atoms with E-state index in [1.54, 1.807) is 0 Å². The fourth-order valence-corrected chi connectivity index (χ4v) is 4.45. The summed E-state index contributed by atoms with van der Waals surface area (Å²) < 4.78 is 0. The van der Waals surface area contributed by atoms with Crippen molar-refractivity contribution in [3.8, 4) is 0 Å². The number of rotatable bonds is 2. The topological polar surface area (TPSA) is 35.6 Å². The second-order valence-corrected chi connectivity index (χ2v) is 7.37. The van der Waals surface area contributed by atoms with Gasteiger partial charge in [-0.2, -0.15) is 0 Å². The molecule has 0 aromatic heterocycles. The lowest BCUT2D eigenvalue weighted by Crippen LogP contribution is -2.55. The van der Waals surface area contributed by atoms with Gasteiger partial charge in [-0.3, -0.25) is 9.69 Å². The van der Waals surface area contributed by atoms with Gasteiger partial charge >= 0.3 is 0 Å². The Hall–Kier alpha value is -0.610. The summed E-state index contributed by atoms with van der Waals surface area (Å²) in [5.41, 5.74) is 0.381. The first-order chi connectivity index (χ1) is 9.59. The Kier molecular flexibility index (Phi) is 4.04. The minimum absolute atomic E-state index is 0.162. The molecule has 3 aliphatic rings. The predicted octanol–water partition coefficient (Wildman–Crippen LogP) is 1.46. The molecule has 1 saturated carbocycles. The van der Waals surface area contributed by atoms with E-state index in [0.717, 1.165) is 39.1 Å². The van der Waals surface area contributed by atoms with Crippen LogP contribution in [0.3, 0.4) is 0 Å². The third-order valence-corrected chi connectivity index (χ3v) is 5.61. The van der Waals surface area contributed by atoms with E-state index in [-0.39, 0.29) is 6.04 Å². The number of amides is 1. The van der Waals surface area contributed by atoms with E-state index in [2.05, 4.69) is 29.0 Å². The smallest absolute Gasteiger partial charge is 0.240 e. The minimum atomic E-state index is 0.162. The maximum absolute atomic E-state index is 12.8. The van der Waals surface area contributed by atoms with E-state index < -0.39 is 0 Å². The molecule has 114 valence electrons. The molecule has 1 aliphatic carbocycles. The fraction of sp³-hybridized carbons (Fsp3) is 0.938. The van der Waals surface area contributed by atoms with Gasteiger partial charge in [-0.15, -0.1) is 0 Å². The molecule has 0 spiro atoms. The van der Waals surface area contributed by atoms with Gasteiger partial charge in [0.2, 0.25) is 5.91 Å². The molecule has 1 N–H and O–H groups in total. The highest BCUT2D eigenvalue weighted by Crippen LogP contribution is 2.43. The number of hydrogen-bond acceptors (Lipinski definition) is 3. The predicted molar refractivity (Wildman–Crippen MR) is 80.6 cm³/mol. The van der Waals surface area contributed by atoms with Crippen LogP contribution in [0, 0.1) is 5.41 Å². The summed E-state index contributed by atoms with van der Waals surface area (Å²) in [5, 5.41) is 3.33. The molecule has 3 rings (SSSR count). The van der Waals surface area contributed by atoms with Crippen molar-refractivity contribution in [1.29, 1.82) is 0 Å². The average molecular weight is 279 g/mol. The molecule has 0 aromatic rings. The van der Waals surface area contributed by atoms with Gasteiger partial charge in [-0.05, 0) is 37.6 Å². The van der Waals surface area contributed by atoms with Crippen LogP contribution in [0.1, 0.15) is 46.0 Å². The van der Waals surface area contributed by atoms with Crippen molar-refractivity contribution in [1.82, 2.24) is 15.1 Å². The van der Waals surface area contributed by atoms with Gasteiger partial charge in [-0.1, -0.05) is 20.3 Å². The molecule has 2 unspecified atom stereocenters. The monoisotopic (exact) mass is 279 g/mol. The van der Waals surface area contributed by atoms with E-state index in [4.69, 9.17) is 0 Å². The van der Waals surface area contributed by atoms with Gasteiger partial charge in [0.05, 0.1) is 6.04 Å². The van der Waals surface area contributed by atoms with Crippen LogP contribution in [-0.4, -0.2) is 60.5 Å². The quantitative estimate of drug-likeness (QED) is 0.831. The number of likely N-dealkylation sites (tertiary alicyclic amines) is 1. The lowest BCUT2D eigenvalue weighted by Gasteiger charge is -2.40. The van der Waals surface area contributed by atoms with Crippen LogP contribution in [0.25, 0.3) is 0 Å². The van der Waals surface area contributed by atoms with Crippen molar-refractivity contribution in [3.05, 3.63) is 0 Å². The van der Waals surface area contributed by atoms with Crippen LogP contribution in [0.5, 0.6) is 0 Å². The highest BCUT2D eigenvalue weighted by molar-refractivity contribution is 5.82. The van der Waals surface area contributed by atoms with Crippen molar-refractivity contribution in [3.63, 3.8) is 0 Å². The molecule has 2 aliphatic heterocycles. The van der Waals surface area contributed by atoms with Crippen LogP contribution in [0.4, 0.5) is 0 Å². The van der Waals surface area contributed by atoms with Crippen LogP contribution in [-0.2, 0) is 4.79 Å². The summed E-state index contributed by atoms with van der Waals surface area (Å²) in [5.74, 6) is 0.395. The zero-order chi connectivity index (χ0) is 14.2. The van der Waals surface area contributed by atoms with Crippen LogP contribution < -0.4 is 5.32 Å². The first-order valence-corrected chi connectivity index (χ1v) is 8.35. The Morgan fingerprint density at radius 3 is 2.50 bits per heavy atom. The number of carbonyl (C=O) groups is 1. The van der Waals surface area contributed by atoms with E-state index in [0.29, 0.717) is 17.4 Å². The van der Waals surface area contributed by atoms with E-state index in [1.807, 2.05) is 0 Å². The molecule has 0 aromatic carbocycles. The third kappa shape index (κ3) is 2.60. The maximum atomic E-state index is 12.8. The summed E-state index contributed by atoms with van der Waals surface area (Å²) in [7, 11) is 0. The highest BCUT2D eigenvalue weighted by atomic mass is 16.2. The lowest BCUT2D eigenvalue weighted by atomic mass is 9.86. The van der Waals surface area contributed by atoms with Crippen LogP contribution in [0.15, 0.2) is 0 Å². The summed E-state index contributed by atoms with van der Waals surface area (Å²) in [4.78, 5) is 17.5. The summed E-state index contributed by atoms with van der Waals surface area (Å²) >= 11 is 0. The van der Waals surface area contributed by atoms with Gasteiger partial charge < -0.3 is 10.2 Å². The molecular weight excluding hydrogens is 250 g/mol. The van der Waals surface area contributed by atoms with E-state index >= 15 is 0 Å². The number of nitrogens with one attached hydrogen (secondary N) is 1. The first-order valence-electron chi connectivity index (χ1n) is 8.35. The molecule has 2 heterocycles. The average Bonchev–Trinajstić information content (AvgIpc) is 3.04. The van der Waals surface area contributed by atoms with Crippen molar-refractivity contribution >= 4 is 5.91 Å². The van der Waals surface area contributed by atoms with Crippen molar-refractivity contribution in [2.45, 2.75) is 58.0 Å². The maximum Gasteiger partial charge on any atom is 0.240 e. The van der Waals surface area contributed by atoms with Crippen molar-refractivity contribution in [2.75, 3.05) is 32.7 Å². The zero-order valence-electron chi connectivity index (χ0n) is 13.0. The molecule has 4 nitrogen and oxygen atoms in total. The lowest BCUT2D eigenvalue weighted by molar-refractivity contribution is -0.138. The molecule has 3 fully saturated rings. The molecule has 1 amide bonds. The van der Waals surface area contributed by atoms with Crippen LogP contribution in [0.2, 0.25) is 0 Å². The van der Waals surface area contributed by atoms with Crippen molar-refractivity contribution in [2.24, 2.45) is 5.41 Å². The zero-order valence-corrected chi connectivity index (χ0v) is 13.0. The van der Waals surface area contributed by atoms with Crippen molar-refractivity contribution < 1.29 is 4.79 Å². The van der Waals surface area contributed by atoms with Crippen LogP contribution >= 0.6 is 0 Å². The second kappa shape index (κ2) is 5.64. The summed E-state index contributed by atoms with van der Waals surface area (Å²) in [6, 6.07) is 0.775. The molecule has 4 heteroatoms. The minimum Gasteiger partial charge on any atom is -0.339 e. The number of carbonyl (C=O) groups excluding carboxylic acids is 1. The fourth-order valence-electron chi connectivity index (χ4n) is 4.45. The van der Waals surface area contributed by atoms with Gasteiger partial charge in [0.15, 0.2) is 0 Å². The molecule has 2 atom stereocenters. The van der Waals surface area contributed by atoms with Gasteiger partial charge in [0.25, 0.3) is 0 Å². The van der Waals surface area contributed by atoms with E-state index in [9.17, 15) is 4.79 Å². The van der Waals surface area contributed by atoms with Gasteiger partial charge in [0, 0.05) is 32.2 Å². The van der Waals surface area contributed by atoms with E-state index in [1.165, 1.54) is 25.7 Å². The number of hydrogen-bond donors (Lipinski definition) is 1. The normalized spacial score (nSPS) is 34.6. The highest BCUT2D eigenvalue weighted by Gasteiger charge is 2.45. The SMILES string of the molecule is CC1(C)CCCC1N1CCCC1C(=O)N1CCNCC1. The Labute approximate surface area is 122 Å². The Morgan fingerprint density at radius 2 is 1.85 bits per heavy atom. The largest absolute Gasteiger partial charge is 0.339 e. The molecule has 20 heavy (non-hydrogen) atoms. The second-order valence-electron chi connectivity index (χ2n) is 7.37. The number of piperazine rings is 1. The Morgan fingerprint density at radius 1 is 1.10 bits per heavy atom. The van der Waals surface area contributed by atoms with Gasteiger partial charge in [-0.25, -0.2) is 0 Å². The molecule has 0 bridgehead atoms. The summed E-state index contributed by atoms with van der Waals surface area (Å²) in [6.45, 7) is 9.57. The van der Waals surface area contributed by atoms with Gasteiger partial charge in [0.1, 0.15) is 0 Å². The molecule has 0 radical (unpaired) electrons. The third-order valence-electron chi connectivity index (χ3n) is 5.61. The Balaban J connectivity index is 1.70.